The summed E-state index contributed by atoms with van der Waals surface area (Å²) in [6, 6.07) is 6.92. The number of nitrogens with one attached hydrogen (secondary N) is 2. The second kappa shape index (κ2) is 5.81. The van der Waals surface area contributed by atoms with Crippen LogP contribution in [-0.2, 0) is 0 Å². The Bertz CT molecular complexity index is 1000. The highest BCUT2D eigenvalue weighted by Crippen LogP contribution is 2.34. The summed E-state index contributed by atoms with van der Waals surface area (Å²) in [7, 11) is 0. The summed E-state index contributed by atoms with van der Waals surface area (Å²) in [4.78, 5) is 33.0. The fraction of sp³-hybridized carbons (Fsp3) is 0.263. The number of likely N-dealkylation sites (tertiary alicyclic amines) is 1. The van der Waals surface area contributed by atoms with Gasteiger partial charge in [-0.25, -0.2) is 0 Å². The number of hydrogen-bond donors (Lipinski definition) is 3. The molecule has 1 amide bonds. The predicted molar refractivity (Wildman–Crippen MR) is 94.8 cm³/mol. The molecule has 0 spiro atoms. The Hall–Kier alpha value is -3.02. The van der Waals surface area contributed by atoms with Gasteiger partial charge in [-0.1, -0.05) is 12.1 Å². The van der Waals surface area contributed by atoms with E-state index in [1.165, 1.54) is 0 Å². The Balaban J connectivity index is 1.74. The molecule has 3 aromatic rings. The van der Waals surface area contributed by atoms with Gasteiger partial charge < -0.3 is 20.0 Å². The van der Waals surface area contributed by atoms with Crippen LogP contribution in [0.2, 0.25) is 0 Å². The van der Waals surface area contributed by atoms with Crippen molar-refractivity contribution in [2.45, 2.75) is 25.8 Å². The van der Waals surface area contributed by atoms with Crippen molar-refractivity contribution in [3.63, 3.8) is 0 Å². The number of rotatable bonds is 2. The number of aromatic amines is 2. The van der Waals surface area contributed by atoms with Crippen LogP contribution in [0, 0.1) is 6.92 Å². The molecule has 2 aromatic heterocycles. The van der Waals surface area contributed by atoms with Crippen molar-refractivity contribution in [3.8, 4) is 5.75 Å². The Kier molecular flexibility index (Phi) is 3.60. The number of aromatic nitrogens is 2. The van der Waals surface area contributed by atoms with Crippen LogP contribution in [0.4, 0.5) is 0 Å². The van der Waals surface area contributed by atoms with Crippen molar-refractivity contribution in [3.05, 3.63) is 63.7 Å². The van der Waals surface area contributed by atoms with E-state index in [1.54, 1.807) is 24.5 Å². The maximum atomic E-state index is 13.1. The number of nitrogens with zero attached hydrogens (tertiary/aromatic N) is 1. The Morgan fingerprint density at radius 1 is 1.20 bits per heavy atom. The van der Waals surface area contributed by atoms with Gasteiger partial charge in [-0.3, -0.25) is 9.59 Å². The molecule has 6 nitrogen and oxygen atoms in total. The number of carbonyl (C=O) groups is 1. The quantitative estimate of drug-likeness (QED) is 0.672. The number of pyridine rings is 1. The monoisotopic (exact) mass is 337 g/mol. The lowest BCUT2D eigenvalue weighted by Crippen LogP contribution is -2.31. The normalized spacial score (nSPS) is 17.3. The van der Waals surface area contributed by atoms with Gasteiger partial charge in [-0.05, 0) is 43.0 Å². The van der Waals surface area contributed by atoms with Gasteiger partial charge in [0, 0.05) is 18.9 Å². The van der Waals surface area contributed by atoms with E-state index in [4.69, 9.17) is 0 Å². The van der Waals surface area contributed by atoms with Gasteiger partial charge in [0.05, 0.1) is 22.5 Å². The first-order valence-electron chi connectivity index (χ1n) is 8.35. The molecule has 0 saturated carbocycles. The third kappa shape index (κ3) is 2.50. The SMILES string of the molecule is Cc1c[nH]c(=O)c2c(C(=O)N3CCCC3c3ccc(O)cc3)c[nH]c12. The molecule has 1 aliphatic rings. The third-order valence-corrected chi connectivity index (χ3v) is 4.94. The molecule has 4 rings (SSSR count). The van der Waals surface area contributed by atoms with E-state index < -0.39 is 0 Å². The molecule has 1 unspecified atom stereocenters. The van der Waals surface area contributed by atoms with Gasteiger partial charge >= 0.3 is 0 Å². The summed E-state index contributed by atoms with van der Waals surface area (Å²) in [6.45, 7) is 2.54. The standard InChI is InChI=1S/C19H19N3O3/c1-11-9-21-18(24)16-14(10-20-17(11)16)19(25)22-8-2-3-15(22)12-4-6-13(23)7-5-12/h4-7,9-10,15,20,23H,2-3,8H2,1H3,(H,21,24). The average molecular weight is 337 g/mol. The predicted octanol–water partition coefficient (Wildman–Crippen LogP) is 2.85. The largest absolute Gasteiger partial charge is 0.508 e. The van der Waals surface area contributed by atoms with E-state index >= 15 is 0 Å². The highest BCUT2D eigenvalue weighted by molar-refractivity contribution is 6.07. The second-order valence-corrected chi connectivity index (χ2v) is 6.50. The van der Waals surface area contributed by atoms with E-state index in [9.17, 15) is 14.7 Å². The number of amides is 1. The summed E-state index contributed by atoms with van der Waals surface area (Å²) < 4.78 is 0. The van der Waals surface area contributed by atoms with E-state index in [1.807, 2.05) is 24.0 Å². The van der Waals surface area contributed by atoms with Crippen molar-refractivity contribution in [2.75, 3.05) is 6.54 Å². The molecule has 1 atom stereocenters. The molecular weight excluding hydrogens is 318 g/mol. The van der Waals surface area contributed by atoms with Crippen LogP contribution in [0.1, 0.15) is 40.4 Å². The van der Waals surface area contributed by atoms with Crippen LogP contribution in [-0.4, -0.2) is 32.4 Å². The van der Waals surface area contributed by atoms with Crippen LogP contribution in [0.3, 0.4) is 0 Å². The average Bonchev–Trinajstić information content (AvgIpc) is 3.26. The van der Waals surface area contributed by atoms with Gasteiger partial charge in [0.1, 0.15) is 5.75 Å². The molecule has 128 valence electrons. The zero-order chi connectivity index (χ0) is 17.6. The maximum absolute atomic E-state index is 13.1. The number of phenols is 1. The van der Waals surface area contributed by atoms with Crippen molar-refractivity contribution >= 4 is 16.8 Å². The van der Waals surface area contributed by atoms with Gasteiger partial charge in [0.15, 0.2) is 0 Å². The zero-order valence-electron chi connectivity index (χ0n) is 13.9. The van der Waals surface area contributed by atoms with E-state index in [0.717, 1.165) is 24.0 Å². The second-order valence-electron chi connectivity index (χ2n) is 6.50. The van der Waals surface area contributed by atoms with E-state index in [2.05, 4.69) is 9.97 Å². The van der Waals surface area contributed by atoms with Crippen LogP contribution >= 0.6 is 0 Å². The summed E-state index contributed by atoms with van der Waals surface area (Å²) >= 11 is 0. The van der Waals surface area contributed by atoms with Crippen LogP contribution in [0.15, 0.2) is 41.5 Å². The fourth-order valence-corrected chi connectivity index (χ4v) is 3.66. The molecule has 3 heterocycles. The lowest BCUT2D eigenvalue weighted by molar-refractivity contribution is 0.0737. The van der Waals surface area contributed by atoms with Gasteiger partial charge in [-0.2, -0.15) is 0 Å². The van der Waals surface area contributed by atoms with Crippen molar-refractivity contribution in [2.24, 2.45) is 0 Å². The molecule has 0 bridgehead atoms. The van der Waals surface area contributed by atoms with Crippen molar-refractivity contribution < 1.29 is 9.90 Å². The fourth-order valence-electron chi connectivity index (χ4n) is 3.66. The third-order valence-electron chi connectivity index (χ3n) is 4.94. The van der Waals surface area contributed by atoms with Crippen molar-refractivity contribution in [1.82, 2.24) is 14.9 Å². The lowest BCUT2D eigenvalue weighted by atomic mass is 10.0. The first-order valence-corrected chi connectivity index (χ1v) is 8.35. The zero-order valence-corrected chi connectivity index (χ0v) is 13.9. The van der Waals surface area contributed by atoms with E-state index in [-0.39, 0.29) is 23.3 Å². The highest BCUT2D eigenvalue weighted by Gasteiger charge is 2.32. The highest BCUT2D eigenvalue weighted by atomic mass is 16.3. The maximum Gasteiger partial charge on any atom is 0.258 e. The molecule has 1 fully saturated rings. The Morgan fingerprint density at radius 2 is 1.96 bits per heavy atom. The minimum Gasteiger partial charge on any atom is -0.508 e. The smallest absolute Gasteiger partial charge is 0.258 e. The minimum atomic E-state index is -0.259. The number of aromatic hydroxyl groups is 1. The van der Waals surface area contributed by atoms with Crippen LogP contribution in [0.25, 0.3) is 10.9 Å². The molecule has 1 saturated heterocycles. The molecule has 0 radical (unpaired) electrons. The number of phenolic OH excluding ortho intramolecular Hbond substituents is 1. The number of hydrogen-bond acceptors (Lipinski definition) is 3. The molecule has 25 heavy (non-hydrogen) atoms. The Labute approximate surface area is 144 Å². The summed E-state index contributed by atoms with van der Waals surface area (Å²) in [5.41, 5.74) is 2.74. The van der Waals surface area contributed by atoms with E-state index in [0.29, 0.717) is 23.0 Å². The summed E-state index contributed by atoms with van der Waals surface area (Å²) in [5.74, 6) is 0.0659. The molecule has 3 N–H and O–H groups in total. The number of H-pyrrole nitrogens is 2. The molecular formula is C19H19N3O3. The molecule has 1 aromatic carbocycles. The van der Waals surface area contributed by atoms with Gasteiger partial charge in [0.25, 0.3) is 11.5 Å². The number of fused-ring (bicyclic) bond motifs is 1. The lowest BCUT2D eigenvalue weighted by Gasteiger charge is -2.25. The summed E-state index contributed by atoms with van der Waals surface area (Å²) in [5, 5.41) is 9.89. The number of carbonyl (C=O) groups excluding carboxylic acids is 1. The Morgan fingerprint density at radius 3 is 2.72 bits per heavy atom. The van der Waals surface area contributed by atoms with Crippen LogP contribution < -0.4 is 5.56 Å². The summed E-state index contributed by atoms with van der Waals surface area (Å²) in [6.07, 6.45) is 5.05. The topological polar surface area (TPSA) is 89.2 Å². The number of benzene rings is 1. The molecule has 6 heteroatoms. The number of aryl methyl sites for hydroxylation is 1. The van der Waals surface area contributed by atoms with Gasteiger partial charge in [0.2, 0.25) is 0 Å². The van der Waals surface area contributed by atoms with Crippen LogP contribution in [0.5, 0.6) is 5.75 Å². The van der Waals surface area contributed by atoms with Gasteiger partial charge in [-0.15, -0.1) is 0 Å². The minimum absolute atomic E-state index is 0.0399. The molecule has 0 aliphatic carbocycles. The molecule has 1 aliphatic heterocycles. The van der Waals surface area contributed by atoms with Crippen molar-refractivity contribution in [1.29, 1.82) is 0 Å². The first kappa shape index (κ1) is 15.5. The first-order chi connectivity index (χ1) is 12.1.